The molecule has 0 spiro atoms. The lowest BCUT2D eigenvalue weighted by Gasteiger charge is -2.24. The van der Waals surface area contributed by atoms with E-state index in [1.165, 1.54) is 19.3 Å². The first-order valence-corrected chi connectivity index (χ1v) is 9.95. The lowest BCUT2D eigenvalue weighted by Crippen LogP contribution is -2.40. The van der Waals surface area contributed by atoms with Gasteiger partial charge in [0.05, 0.1) is 0 Å². The smallest absolute Gasteiger partial charge is 0.251 e. The van der Waals surface area contributed by atoms with E-state index >= 15 is 0 Å². The first kappa shape index (κ1) is 20.3. The molecule has 1 heterocycles. The molecule has 0 radical (unpaired) electrons. The predicted octanol–water partition coefficient (Wildman–Crippen LogP) is 3.27. The quantitative estimate of drug-likeness (QED) is 0.581. The summed E-state index contributed by atoms with van der Waals surface area (Å²) < 4.78 is 0. The molecule has 2 N–H and O–H groups in total. The maximum Gasteiger partial charge on any atom is 0.251 e. The lowest BCUT2D eigenvalue weighted by molar-refractivity contribution is 0.0956. The van der Waals surface area contributed by atoms with E-state index in [2.05, 4.69) is 34.4 Å². The maximum atomic E-state index is 11.8. The van der Waals surface area contributed by atoms with Crippen molar-refractivity contribution < 1.29 is 4.79 Å². The summed E-state index contributed by atoms with van der Waals surface area (Å²) in [5.41, 5.74) is 1.85. The topological polar surface area (TPSA) is 56.7 Å². The van der Waals surface area contributed by atoms with Crippen LogP contribution in [-0.2, 0) is 6.54 Å². The third-order valence-electron chi connectivity index (χ3n) is 5.46. The lowest BCUT2D eigenvalue weighted by atomic mass is 9.87. The molecule has 1 aromatic carbocycles. The fraction of sp³-hybridized carbons (Fsp3) is 0.619. The van der Waals surface area contributed by atoms with Crippen molar-refractivity contribution in [2.24, 2.45) is 16.8 Å². The largest absolute Gasteiger partial charge is 0.352 e. The number of nitrogens with zero attached hydrogens (tertiary/aromatic N) is 2. The number of carbonyl (C=O) groups is 1. The van der Waals surface area contributed by atoms with E-state index in [1.54, 1.807) is 0 Å². The van der Waals surface area contributed by atoms with Crippen LogP contribution in [0.2, 0.25) is 0 Å². The highest BCUT2D eigenvalue weighted by Gasteiger charge is 2.29. The fourth-order valence-electron chi connectivity index (χ4n) is 3.87. The molecular weight excluding hydrogens is 324 g/mol. The van der Waals surface area contributed by atoms with Crippen molar-refractivity contribution in [3.05, 3.63) is 35.4 Å². The van der Waals surface area contributed by atoms with Gasteiger partial charge < -0.3 is 15.5 Å². The first-order chi connectivity index (χ1) is 12.6. The number of hydrogen-bond donors (Lipinski definition) is 2. The van der Waals surface area contributed by atoms with E-state index in [0.29, 0.717) is 18.7 Å². The number of carbonyl (C=O) groups excluding carboxylic acids is 1. The molecule has 1 aliphatic heterocycles. The van der Waals surface area contributed by atoms with Gasteiger partial charge in [-0.15, -0.1) is 0 Å². The molecule has 0 aromatic heterocycles. The highest BCUT2D eigenvalue weighted by Crippen LogP contribution is 2.28. The van der Waals surface area contributed by atoms with E-state index < -0.39 is 0 Å². The van der Waals surface area contributed by atoms with Crippen LogP contribution >= 0.6 is 0 Å². The summed E-state index contributed by atoms with van der Waals surface area (Å²) in [6.07, 6.45) is 3.78. The van der Waals surface area contributed by atoms with E-state index in [-0.39, 0.29) is 5.91 Å². The highest BCUT2D eigenvalue weighted by atomic mass is 16.1. The van der Waals surface area contributed by atoms with Crippen LogP contribution in [0.4, 0.5) is 0 Å². The van der Waals surface area contributed by atoms with Crippen LogP contribution in [-0.4, -0.2) is 43.4 Å². The SMILES string of the molecule is CCNC(=O)c1ccc(CNC(=NC)N2CCC(C(CC)CC)C2)cc1. The van der Waals surface area contributed by atoms with Gasteiger partial charge in [-0.25, -0.2) is 0 Å². The van der Waals surface area contributed by atoms with Crippen molar-refractivity contribution in [1.29, 1.82) is 0 Å². The summed E-state index contributed by atoms with van der Waals surface area (Å²) in [6.45, 7) is 10.1. The summed E-state index contributed by atoms with van der Waals surface area (Å²) >= 11 is 0. The molecule has 0 aliphatic carbocycles. The van der Waals surface area contributed by atoms with Crippen LogP contribution in [0.15, 0.2) is 29.3 Å². The molecule has 1 unspecified atom stereocenters. The number of rotatable bonds is 7. The Morgan fingerprint density at radius 2 is 1.88 bits per heavy atom. The van der Waals surface area contributed by atoms with Gasteiger partial charge >= 0.3 is 0 Å². The third kappa shape index (κ3) is 5.23. The van der Waals surface area contributed by atoms with Crippen LogP contribution in [0.25, 0.3) is 0 Å². The standard InChI is InChI=1S/C21H34N4O/c1-5-17(6-2)19-12-13-25(15-19)21(22-4)24-14-16-8-10-18(11-9-16)20(26)23-7-3/h8-11,17,19H,5-7,12-15H2,1-4H3,(H,22,24)(H,23,26). The Labute approximate surface area is 158 Å². The monoisotopic (exact) mass is 358 g/mol. The molecule has 1 atom stereocenters. The van der Waals surface area contributed by atoms with E-state index in [1.807, 2.05) is 38.2 Å². The van der Waals surface area contributed by atoms with Crippen molar-refractivity contribution in [1.82, 2.24) is 15.5 Å². The molecule has 1 aromatic rings. The van der Waals surface area contributed by atoms with Crippen molar-refractivity contribution in [3.8, 4) is 0 Å². The molecule has 1 saturated heterocycles. The minimum Gasteiger partial charge on any atom is -0.352 e. The minimum absolute atomic E-state index is 0.0210. The van der Waals surface area contributed by atoms with Gasteiger partial charge in [0.25, 0.3) is 5.91 Å². The Balaban J connectivity index is 1.88. The van der Waals surface area contributed by atoms with E-state index in [4.69, 9.17) is 0 Å². The Bertz CT molecular complexity index is 593. The number of amides is 1. The molecule has 1 fully saturated rings. The Kier molecular flexibility index (Phi) is 7.95. The van der Waals surface area contributed by atoms with Crippen LogP contribution in [0.5, 0.6) is 0 Å². The van der Waals surface area contributed by atoms with Gasteiger partial charge in [0.1, 0.15) is 0 Å². The number of nitrogens with one attached hydrogen (secondary N) is 2. The zero-order chi connectivity index (χ0) is 18.9. The Hall–Kier alpha value is -2.04. The number of guanidine groups is 1. The zero-order valence-electron chi connectivity index (χ0n) is 16.7. The number of benzene rings is 1. The van der Waals surface area contributed by atoms with Gasteiger partial charge in [-0.2, -0.15) is 0 Å². The Morgan fingerprint density at radius 3 is 2.46 bits per heavy atom. The molecule has 0 saturated carbocycles. The molecule has 0 bridgehead atoms. The first-order valence-electron chi connectivity index (χ1n) is 9.95. The van der Waals surface area contributed by atoms with Crippen molar-refractivity contribution in [3.63, 3.8) is 0 Å². The molecule has 26 heavy (non-hydrogen) atoms. The molecule has 1 amide bonds. The second-order valence-electron chi connectivity index (χ2n) is 7.03. The molecular formula is C21H34N4O. The summed E-state index contributed by atoms with van der Waals surface area (Å²) in [6, 6.07) is 7.76. The number of aliphatic imine (C=N–C) groups is 1. The average Bonchev–Trinajstić information content (AvgIpc) is 3.14. The van der Waals surface area contributed by atoms with Crippen molar-refractivity contribution in [2.75, 3.05) is 26.7 Å². The van der Waals surface area contributed by atoms with Gasteiger partial charge in [-0.1, -0.05) is 38.8 Å². The van der Waals surface area contributed by atoms with E-state index in [9.17, 15) is 4.79 Å². The van der Waals surface area contributed by atoms with Gasteiger partial charge in [-0.05, 0) is 42.9 Å². The number of hydrogen-bond acceptors (Lipinski definition) is 2. The van der Waals surface area contributed by atoms with Gasteiger partial charge in [0.15, 0.2) is 5.96 Å². The second kappa shape index (κ2) is 10.2. The average molecular weight is 359 g/mol. The maximum absolute atomic E-state index is 11.8. The fourth-order valence-corrected chi connectivity index (χ4v) is 3.87. The minimum atomic E-state index is -0.0210. The molecule has 144 valence electrons. The van der Waals surface area contributed by atoms with Crippen molar-refractivity contribution >= 4 is 11.9 Å². The normalized spacial score (nSPS) is 17.7. The Morgan fingerprint density at radius 1 is 1.19 bits per heavy atom. The molecule has 5 nitrogen and oxygen atoms in total. The summed E-state index contributed by atoms with van der Waals surface area (Å²) in [5.74, 6) is 2.55. The summed E-state index contributed by atoms with van der Waals surface area (Å²) in [7, 11) is 1.85. The zero-order valence-corrected chi connectivity index (χ0v) is 16.7. The number of likely N-dealkylation sites (tertiary alicyclic amines) is 1. The summed E-state index contributed by atoms with van der Waals surface area (Å²) in [5, 5.41) is 6.29. The molecule has 1 aliphatic rings. The van der Waals surface area contributed by atoms with Crippen LogP contribution in [0, 0.1) is 11.8 Å². The van der Waals surface area contributed by atoms with Gasteiger partial charge in [0.2, 0.25) is 0 Å². The molecule has 2 rings (SSSR count). The van der Waals surface area contributed by atoms with Crippen LogP contribution in [0.1, 0.15) is 56.0 Å². The highest BCUT2D eigenvalue weighted by molar-refractivity contribution is 5.94. The molecule has 5 heteroatoms. The summed E-state index contributed by atoms with van der Waals surface area (Å²) in [4.78, 5) is 18.7. The third-order valence-corrected chi connectivity index (χ3v) is 5.46. The second-order valence-corrected chi connectivity index (χ2v) is 7.03. The van der Waals surface area contributed by atoms with Crippen molar-refractivity contribution in [2.45, 2.75) is 46.6 Å². The van der Waals surface area contributed by atoms with Gasteiger partial charge in [0, 0.05) is 38.8 Å². The predicted molar refractivity (Wildman–Crippen MR) is 108 cm³/mol. The van der Waals surface area contributed by atoms with E-state index in [0.717, 1.165) is 36.4 Å². The van der Waals surface area contributed by atoms with Crippen LogP contribution < -0.4 is 10.6 Å². The van der Waals surface area contributed by atoms with Crippen LogP contribution in [0.3, 0.4) is 0 Å². The van der Waals surface area contributed by atoms with Gasteiger partial charge in [-0.3, -0.25) is 9.79 Å².